The number of carbonyl (C=O) groups is 1. The number of hydrogen-bond acceptors (Lipinski definition) is 5. The molecule has 1 atom stereocenters. The number of hydrogen-bond donors (Lipinski definition) is 1. The Morgan fingerprint density at radius 3 is 2.77 bits per heavy atom. The Hall–Kier alpha value is -1.76. The van der Waals surface area contributed by atoms with Crippen molar-refractivity contribution in [1.29, 1.82) is 0 Å². The van der Waals surface area contributed by atoms with E-state index in [0.29, 0.717) is 6.54 Å². The number of fused-ring (bicyclic) bond motifs is 1. The van der Waals surface area contributed by atoms with Crippen molar-refractivity contribution in [2.24, 2.45) is 0 Å². The van der Waals surface area contributed by atoms with Crippen LogP contribution in [0.1, 0.15) is 44.6 Å². The number of thiophene rings is 1. The van der Waals surface area contributed by atoms with E-state index in [-0.39, 0.29) is 11.9 Å². The Morgan fingerprint density at radius 2 is 2.00 bits per heavy atom. The summed E-state index contributed by atoms with van der Waals surface area (Å²) >= 11 is 1.67. The van der Waals surface area contributed by atoms with Crippen molar-refractivity contribution in [2.45, 2.75) is 31.7 Å². The van der Waals surface area contributed by atoms with Gasteiger partial charge in [-0.2, -0.15) is 0 Å². The number of aryl methyl sites for hydroxylation is 2. The minimum atomic E-state index is 0.0525. The first kappa shape index (κ1) is 17.6. The predicted molar refractivity (Wildman–Crippen MR) is 103 cm³/mol. The summed E-state index contributed by atoms with van der Waals surface area (Å²) in [6.07, 6.45) is 8.37. The van der Waals surface area contributed by atoms with Crippen LogP contribution < -0.4 is 5.32 Å². The third kappa shape index (κ3) is 3.98. The average molecular weight is 372 g/mol. The molecule has 138 valence electrons. The first-order valence-corrected chi connectivity index (χ1v) is 10.2. The summed E-state index contributed by atoms with van der Waals surface area (Å²) in [7, 11) is 0. The maximum atomic E-state index is 12.7. The molecule has 1 N–H and O–H groups in total. The molecule has 6 heteroatoms. The Bertz CT molecular complexity index is 717. The van der Waals surface area contributed by atoms with Crippen LogP contribution in [0, 0.1) is 0 Å². The van der Waals surface area contributed by atoms with Gasteiger partial charge >= 0.3 is 0 Å². The number of carbonyl (C=O) groups excluding carboxylic acids is 1. The number of aromatic nitrogens is 1. The molecule has 26 heavy (non-hydrogen) atoms. The molecule has 1 aliphatic heterocycles. The maximum absolute atomic E-state index is 12.7. The van der Waals surface area contributed by atoms with E-state index in [0.717, 1.165) is 44.0 Å². The molecular weight excluding hydrogens is 346 g/mol. The SMILES string of the molecule is O=C(NC[C@@H](c1ccncc1)N1CCOCC1)c1cc2c(s1)CCCC2. The van der Waals surface area contributed by atoms with Crippen molar-refractivity contribution in [1.82, 2.24) is 15.2 Å². The fraction of sp³-hybridized carbons (Fsp3) is 0.500. The highest BCUT2D eigenvalue weighted by Crippen LogP contribution is 2.29. The molecule has 0 aromatic carbocycles. The first-order chi connectivity index (χ1) is 12.8. The molecule has 2 aliphatic rings. The van der Waals surface area contributed by atoms with E-state index in [9.17, 15) is 4.79 Å². The molecule has 0 saturated carbocycles. The highest BCUT2D eigenvalue weighted by atomic mass is 32.1. The van der Waals surface area contributed by atoms with E-state index in [4.69, 9.17) is 4.74 Å². The topological polar surface area (TPSA) is 54.5 Å². The molecule has 0 unspecified atom stereocenters. The smallest absolute Gasteiger partial charge is 0.261 e. The molecular formula is C20H25N3O2S. The number of amides is 1. The van der Waals surface area contributed by atoms with Gasteiger partial charge < -0.3 is 10.1 Å². The zero-order chi connectivity index (χ0) is 17.8. The van der Waals surface area contributed by atoms with Crippen LogP contribution in [0.15, 0.2) is 30.6 Å². The highest BCUT2D eigenvalue weighted by molar-refractivity contribution is 7.14. The summed E-state index contributed by atoms with van der Waals surface area (Å²) in [5, 5.41) is 3.17. The largest absolute Gasteiger partial charge is 0.379 e. The van der Waals surface area contributed by atoms with E-state index in [2.05, 4.69) is 21.3 Å². The molecule has 2 aromatic heterocycles. The van der Waals surface area contributed by atoms with Crippen LogP contribution in [0.4, 0.5) is 0 Å². The van der Waals surface area contributed by atoms with Crippen molar-refractivity contribution in [2.75, 3.05) is 32.8 Å². The van der Waals surface area contributed by atoms with Crippen molar-refractivity contribution >= 4 is 17.2 Å². The summed E-state index contributed by atoms with van der Waals surface area (Å²) in [6.45, 7) is 3.86. The molecule has 4 rings (SSSR count). The molecule has 0 spiro atoms. The van der Waals surface area contributed by atoms with Crippen LogP contribution >= 0.6 is 11.3 Å². The number of nitrogens with one attached hydrogen (secondary N) is 1. The van der Waals surface area contributed by atoms with Gasteiger partial charge in [0.1, 0.15) is 0 Å². The quantitative estimate of drug-likeness (QED) is 0.878. The highest BCUT2D eigenvalue weighted by Gasteiger charge is 2.24. The monoisotopic (exact) mass is 371 g/mol. The Morgan fingerprint density at radius 1 is 1.23 bits per heavy atom. The summed E-state index contributed by atoms with van der Waals surface area (Å²) in [4.78, 5) is 21.5. The summed E-state index contributed by atoms with van der Waals surface area (Å²) in [6, 6.07) is 6.33. The normalized spacial score (nSPS) is 18.9. The molecule has 1 saturated heterocycles. The van der Waals surface area contributed by atoms with Crippen LogP contribution in [0.3, 0.4) is 0 Å². The van der Waals surface area contributed by atoms with Gasteiger partial charge in [0.2, 0.25) is 0 Å². The lowest BCUT2D eigenvalue weighted by molar-refractivity contribution is 0.0162. The number of nitrogens with zero attached hydrogens (tertiary/aromatic N) is 2. The van der Waals surface area contributed by atoms with E-state index >= 15 is 0 Å². The van der Waals surface area contributed by atoms with Gasteiger partial charge in [-0.3, -0.25) is 14.7 Å². The van der Waals surface area contributed by atoms with E-state index in [1.807, 2.05) is 24.5 Å². The molecule has 2 aromatic rings. The Kier molecular flexibility index (Phi) is 5.62. The molecule has 5 nitrogen and oxygen atoms in total. The summed E-state index contributed by atoms with van der Waals surface area (Å²) < 4.78 is 5.49. The third-order valence-electron chi connectivity index (χ3n) is 5.25. The van der Waals surface area contributed by atoms with Crippen LogP contribution in [0.25, 0.3) is 0 Å². The van der Waals surface area contributed by atoms with E-state index < -0.39 is 0 Å². The van der Waals surface area contributed by atoms with Gasteiger partial charge in [-0.05, 0) is 55.0 Å². The summed E-state index contributed by atoms with van der Waals surface area (Å²) in [5.74, 6) is 0.0525. The van der Waals surface area contributed by atoms with E-state index in [1.54, 1.807) is 11.3 Å². The van der Waals surface area contributed by atoms with Crippen molar-refractivity contribution in [3.63, 3.8) is 0 Å². The van der Waals surface area contributed by atoms with Gasteiger partial charge in [-0.15, -0.1) is 11.3 Å². The van der Waals surface area contributed by atoms with Gasteiger partial charge in [-0.1, -0.05) is 0 Å². The second kappa shape index (κ2) is 8.29. The van der Waals surface area contributed by atoms with Gasteiger partial charge in [-0.25, -0.2) is 0 Å². The van der Waals surface area contributed by atoms with Gasteiger partial charge in [0, 0.05) is 36.9 Å². The number of rotatable bonds is 5. The van der Waals surface area contributed by atoms with Crippen LogP contribution in [-0.4, -0.2) is 48.6 Å². The van der Waals surface area contributed by atoms with Gasteiger partial charge in [0.15, 0.2) is 0 Å². The molecule has 0 bridgehead atoms. The molecule has 3 heterocycles. The fourth-order valence-electron chi connectivity index (χ4n) is 3.81. The second-order valence-electron chi connectivity index (χ2n) is 6.92. The zero-order valence-corrected chi connectivity index (χ0v) is 15.8. The lowest BCUT2D eigenvalue weighted by atomic mass is 9.99. The number of pyridine rings is 1. The molecule has 1 aliphatic carbocycles. The van der Waals surface area contributed by atoms with Crippen molar-refractivity contribution in [3.8, 4) is 0 Å². The fourth-order valence-corrected chi connectivity index (χ4v) is 4.98. The molecule has 1 amide bonds. The number of morpholine rings is 1. The molecule has 1 fully saturated rings. The third-order valence-corrected chi connectivity index (χ3v) is 6.49. The standard InChI is InChI=1S/C20H25N3O2S/c24-20(19-13-16-3-1-2-4-18(16)26-19)22-14-17(15-5-7-21-8-6-15)23-9-11-25-12-10-23/h5-8,13,17H,1-4,9-12,14H2,(H,22,24)/t17-/m0/s1. The molecule has 0 radical (unpaired) electrons. The number of ether oxygens (including phenoxy) is 1. The van der Waals surface area contributed by atoms with Gasteiger partial charge in [0.05, 0.1) is 24.1 Å². The summed E-state index contributed by atoms with van der Waals surface area (Å²) in [5.41, 5.74) is 2.57. The predicted octanol–water partition coefficient (Wildman–Crippen LogP) is 2.83. The Labute approximate surface area is 158 Å². The van der Waals surface area contributed by atoms with Gasteiger partial charge in [0.25, 0.3) is 5.91 Å². The van der Waals surface area contributed by atoms with Crippen LogP contribution in [0.5, 0.6) is 0 Å². The lowest BCUT2D eigenvalue weighted by Gasteiger charge is -2.34. The lowest BCUT2D eigenvalue weighted by Crippen LogP contribution is -2.43. The maximum Gasteiger partial charge on any atom is 0.261 e. The first-order valence-electron chi connectivity index (χ1n) is 9.43. The van der Waals surface area contributed by atoms with Crippen molar-refractivity contribution in [3.05, 3.63) is 51.5 Å². The second-order valence-corrected chi connectivity index (χ2v) is 8.06. The minimum absolute atomic E-state index is 0.0525. The minimum Gasteiger partial charge on any atom is -0.379 e. The van der Waals surface area contributed by atoms with Crippen LogP contribution in [-0.2, 0) is 17.6 Å². The van der Waals surface area contributed by atoms with Crippen molar-refractivity contribution < 1.29 is 9.53 Å². The zero-order valence-electron chi connectivity index (χ0n) is 14.9. The Balaban J connectivity index is 1.45. The average Bonchev–Trinajstić information content (AvgIpc) is 3.14. The van der Waals surface area contributed by atoms with Crippen LogP contribution in [0.2, 0.25) is 0 Å². The van der Waals surface area contributed by atoms with E-state index in [1.165, 1.54) is 28.8 Å².